The van der Waals surface area contributed by atoms with Gasteiger partial charge < -0.3 is 0 Å². The summed E-state index contributed by atoms with van der Waals surface area (Å²) in [6.07, 6.45) is 19.7. The van der Waals surface area contributed by atoms with Crippen molar-refractivity contribution in [2.75, 3.05) is 0 Å². The van der Waals surface area contributed by atoms with Crippen LogP contribution in [0.3, 0.4) is 0 Å². The van der Waals surface area contributed by atoms with E-state index in [1.807, 2.05) is 0 Å². The standard InChI is InChI=1S/2C13H21.C2H7Si.2ClH.Hf/c2*1-4-5-6-12-7-8-13(10-12)9-11(2)3;1-3-2;;;/h2*7-8,10-11H,4-6,9H2,1-3H3;3H,1-2H3;2*1H;/q;;;;;+2/p-2. The summed E-state index contributed by atoms with van der Waals surface area (Å²) in [4.78, 5) is 0. The fourth-order valence-corrected chi connectivity index (χ4v) is 46.3. The first-order valence-corrected chi connectivity index (χ1v) is 35.5. The average Bonchev–Trinajstić information content (AvgIpc) is 3.28. The molecule has 0 bridgehead atoms. The van der Waals surface area contributed by atoms with Crippen LogP contribution in [0.2, 0.25) is 20.4 Å². The van der Waals surface area contributed by atoms with E-state index in [4.69, 9.17) is 17.2 Å². The fraction of sp³-hybridized carbons (Fsp3) is 0.714. The summed E-state index contributed by atoms with van der Waals surface area (Å²) in [5.41, 5.74) is 6.14. The molecular weight excluding hydrogens is 614 g/mol. The molecule has 0 saturated carbocycles. The van der Waals surface area contributed by atoms with Gasteiger partial charge in [-0.05, 0) is 0 Å². The van der Waals surface area contributed by atoms with E-state index in [0.717, 1.165) is 25.7 Å². The molecule has 183 valence electrons. The van der Waals surface area contributed by atoms with Crippen LogP contribution in [0.25, 0.3) is 0 Å². The van der Waals surface area contributed by atoms with E-state index < -0.39 is 21.3 Å². The van der Waals surface area contributed by atoms with Gasteiger partial charge in [-0.2, -0.15) is 0 Å². The van der Waals surface area contributed by atoms with E-state index in [1.54, 1.807) is 11.1 Å². The van der Waals surface area contributed by atoms with Crippen LogP contribution in [0, 0.1) is 11.8 Å². The summed E-state index contributed by atoms with van der Waals surface area (Å²) in [6.45, 7) is 18.8. The van der Waals surface area contributed by atoms with Crippen molar-refractivity contribution in [1.29, 1.82) is 0 Å². The van der Waals surface area contributed by atoms with Crippen molar-refractivity contribution in [2.45, 2.75) is 113 Å². The van der Waals surface area contributed by atoms with Crippen LogP contribution in [0.4, 0.5) is 0 Å². The van der Waals surface area contributed by atoms with E-state index in [2.05, 4.69) is 78.9 Å². The fourth-order valence-electron chi connectivity index (χ4n) is 5.75. The molecule has 0 heterocycles. The van der Waals surface area contributed by atoms with E-state index in [9.17, 15) is 0 Å². The molecule has 4 heteroatoms. The Kier molecular flexibility index (Phi) is 10.9. The minimum atomic E-state index is -4.40. The van der Waals surface area contributed by atoms with Gasteiger partial charge in [-0.25, -0.2) is 0 Å². The molecule has 2 aliphatic rings. The predicted octanol–water partition coefficient (Wildman–Crippen LogP) is 10.7. The van der Waals surface area contributed by atoms with E-state index in [-0.39, 0.29) is 0 Å². The monoisotopic (exact) mass is 663 g/mol. The predicted molar refractivity (Wildman–Crippen MR) is 148 cm³/mol. The topological polar surface area (TPSA) is 0 Å². The van der Waals surface area contributed by atoms with Gasteiger partial charge in [0.2, 0.25) is 0 Å². The first-order chi connectivity index (χ1) is 14.9. The Morgan fingerprint density at radius 2 is 1.16 bits per heavy atom. The number of hydrogen-bond donors (Lipinski definition) is 0. The molecule has 0 aromatic rings. The summed E-state index contributed by atoms with van der Waals surface area (Å²) < 4.78 is 0.680. The van der Waals surface area contributed by atoms with Gasteiger partial charge in [0.25, 0.3) is 0 Å². The quantitative estimate of drug-likeness (QED) is 0.172. The Balaban J connectivity index is 2.59. The second kappa shape index (κ2) is 12.0. The van der Waals surface area contributed by atoms with Crippen LogP contribution in [0.5, 0.6) is 0 Å². The Hall–Kier alpha value is 0.627. The molecule has 0 radical (unpaired) electrons. The van der Waals surface area contributed by atoms with Crippen molar-refractivity contribution in [3.05, 3.63) is 46.6 Å². The maximum absolute atomic E-state index is 8.17. The van der Waals surface area contributed by atoms with Gasteiger partial charge in [0.05, 0.1) is 0 Å². The van der Waals surface area contributed by atoms with E-state index in [0.29, 0.717) is 19.2 Å². The molecule has 0 saturated heterocycles. The van der Waals surface area contributed by atoms with Crippen LogP contribution in [0.15, 0.2) is 46.6 Å². The number of allylic oxidation sites excluding steroid dienone is 8. The zero-order valence-electron chi connectivity index (χ0n) is 22.1. The molecule has 0 spiro atoms. The van der Waals surface area contributed by atoms with Gasteiger partial charge in [0.1, 0.15) is 0 Å². The second-order valence-electron chi connectivity index (χ2n) is 11.7. The minimum absolute atomic E-state index is 0.340. The van der Waals surface area contributed by atoms with Gasteiger partial charge in [-0.3, -0.25) is 0 Å². The molecule has 0 amide bonds. The van der Waals surface area contributed by atoms with Crippen molar-refractivity contribution in [2.24, 2.45) is 11.8 Å². The molecule has 0 aromatic carbocycles. The molecule has 0 N–H and O–H groups in total. The molecule has 2 atom stereocenters. The normalized spacial score (nSPS) is 22.8. The van der Waals surface area contributed by atoms with Gasteiger partial charge >= 0.3 is 210 Å². The van der Waals surface area contributed by atoms with Crippen LogP contribution >= 0.6 is 17.2 Å². The number of hydrogen-bond acceptors (Lipinski definition) is 0. The summed E-state index contributed by atoms with van der Waals surface area (Å²) in [6, 6.07) is 0. The Labute approximate surface area is 208 Å². The van der Waals surface area contributed by atoms with Crippen molar-refractivity contribution < 1.29 is 15.3 Å². The Morgan fingerprint density at radius 1 is 0.781 bits per heavy atom. The van der Waals surface area contributed by atoms with Crippen molar-refractivity contribution in [3.8, 4) is 0 Å². The summed E-state index contributed by atoms with van der Waals surface area (Å²) in [5.74, 6) is 0.0137. The molecule has 0 nitrogen and oxygen atoms in total. The maximum atomic E-state index is 8.17. The number of halogens is 2. The molecule has 2 unspecified atom stereocenters. The summed E-state index contributed by atoms with van der Waals surface area (Å²) in [7, 11) is 16.3. The molecule has 2 aliphatic carbocycles. The zero-order valence-corrected chi connectivity index (χ0v) is 28.4. The van der Waals surface area contributed by atoms with Crippen molar-refractivity contribution in [3.63, 3.8) is 0 Å². The van der Waals surface area contributed by atoms with Crippen LogP contribution in [-0.2, 0) is 15.3 Å². The molecule has 32 heavy (non-hydrogen) atoms. The third-order valence-electron chi connectivity index (χ3n) is 7.52. The molecular formula is C28H49Cl2HfSi. The SMILES string of the molecule is CCCCC1=CC(CC(C)C)=C[CH]1[Hf]([Cl])([Cl])([CH]1C=C(CC(C)C)C=C1CCCC)[SiH](C)C. The number of unbranched alkanes of at least 4 members (excludes halogenated alkanes) is 2. The third kappa shape index (κ3) is 6.44. The van der Waals surface area contributed by atoms with Gasteiger partial charge in [-0.15, -0.1) is 0 Å². The summed E-state index contributed by atoms with van der Waals surface area (Å²) >= 11 is -4.40. The van der Waals surface area contributed by atoms with E-state index >= 15 is 0 Å². The van der Waals surface area contributed by atoms with E-state index in [1.165, 1.54) is 36.8 Å². The number of rotatable bonds is 13. The first kappa shape index (κ1) is 28.9. The van der Waals surface area contributed by atoms with Crippen LogP contribution < -0.4 is 0 Å². The third-order valence-corrected chi connectivity index (χ3v) is 80.9. The molecule has 0 aliphatic heterocycles. The molecule has 2 rings (SSSR count). The Bertz CT molecular complexity index is 712. The van der Waals surface area contributed by atoms with Gasteiger partial charge in [0, 0.05) is 0 Å². The van der Waals surface area contributed by atoms with Crippen LogP contribution in [0.1, 0.15) is 92.9 Å². The van der Waals surface area contributed by atoms with Gasteiger partial charge in [-0.1, -0.05) is 0 Å². The summed E-state index contributed by atoms with van der Waals surface area (Å²) in [5, 5.41) is 0. The van der Waals surface area contributed by atoms with Crippen LogP contribution in [-0.4, -0.2) is 5.98 Å². The second-order valence-corrected chi connectivity index (χ2v) is 71.3. The molecule has 0 aromatic heterocycles. The average molecular weight is 663 g/mol. The molecule has 0 fully saturated rings. The van der Waals surface area contributed by atoms with Crippen molar-refractivity contribution >= 4 is 23.1 Å². The van der Waals surface area contributed by atoms with Gasteiger partial charge in [0.15, 0.2) is 0 Å². The first-order valence-electron chi connectivity index (χ1n) is 13.3. The van der Waals surface area contributed by atoms with Crippen molar-refractivity contribution in [1.82, 2.24) is 0 Å². The zero-order chi connectivity index (χ0) is 24.1. The Morgan fingerprint density at radius 3 is 1.44 bits per heavy atom.